The highest BCUT2D eigenvalue weighted by molar-refractivity contribution is 9.10. The van der Waals surface area contributed by atoms with Crippen LogP contribution in [0.1, 0.15) is 17.3 Å². The van der Waals surface area contributed by atoms with Gasteiger partial charge >= 0.3 is 12.0 Å². The van der Waals surface area contributed by atoms with Crippen molar-refractivity contribution in [1.29, 1.82) is 0 Å². The van der Waals surface area contributed by atoms with Crippen LogP contribution >= 0.6 is 15.9 Å². The third kappa shape index (κ3) is 5.18. The Hall–Kier alpha value is -1.60. The zero-order chi connectivity index (χ0) is 15.1. The van der Waals surface area contributed by atoms with Crippen molar-refractivity contribution in [1.82, 2.24) is 10.2 Å². The van der Waals surface area contributed by atoms with Gasteiger partial charge in [0.15, 0.2) is 0 Å². The van der Waals surface area contributed by atoms with E-state index in [1.54, 1.807) is 12.1 Å². The number of nitrogens with zero attached hydrogens (tertiary/aromatic N) is 1. The van der Waals surface area contributed by atoms with Crippen molar-refractivity contribution < 1.29 is 14.7 Å². The molecule has 0 spiro atoms. The molecule has 1 rings (SSSR count). The minimum atomic E-state index is -1.08. The van der Waals surface area contributed by atoms with Crippen LogP contribution in [-0.2, 0) is 0 Å². The summed E-state index contributed by atoms with van der Waals surface area (Å²) >= 11 is 3.25. The smallest absolute Gasteiger partial charge is 0.337 e. The van der Waals surface area contributed by atoms with Crippen molar-refractivity contribution in [2.24, 2.45) is 0 Å². The zero-order valence-corrected chi connectivity index (χ0v) is 13.0. The summed E-state index contributed by atoms with van der Waals surface area (Å²) in [6.45, 7) is 4.15. The van der Waals surface area contributed by atoms with E-state index in [2.05, 4.69) is 31.5 Å². The number of carbonyl (C=O) groups excluding carboxylic acids is 1. The van der Waals surface area contributed by atoms with E-state index in [-0.39, 0.29) is 11.3 Å². The molecule has 0 radical (unpaired) electrons. The molecule has 110 valence electrons. The second-order valence-corrected chi connectivity index (χ2v) is 5.19. The van der Waals surface area contributed by atoms with E-state index in [9.17, 15) is 9.59 Å². The third-order valence-corrected chi connectivity index (χ3v) is 3.27. The molecular formula is C13H18BrN3O3. The monoisotopic (exact) mass is 343 g/mol. The molecule has 1 aromatic rings. The van der Waals surface area contributed by atoms with Crippen molar-refractivity contribution in [3.05, 3.63) is 28.2 Å². The van der Waals surface area contributed by atoms with Gasteiger partial charge in [0.05, 0.1) is 11.3 Å². The number of hydrogen-bond acceptors (Lipinski definition) is 3. The Bertz CT molecular complexity index is 494. The lowest BCUT2D eigenvalue weighted by Gasteiger charge is -2.15. The molecule has 0 heterocycles. The number of benzene rings is 1. The minimum Gasteiger partial charge on any atom is -0.478 e. The van der Waals surface area contributed by atoms with Crippen molar-refractivity contribution in [3.8, 4) is 0 Å². The molecule has 6 nitrogen and oxygen atoms in total. The molecule has 7 heteroatoms. The van der Waals surface area contributed by atoms with E-state index in [4.69, 9.17) is 5.11 Å². The summed E-state index contributed by atoms with van der Waals surface area (Å²) in [5.74, 6) is -1.08. The fourth-order valence-corrected chi connectivity index (χ4v) is 1.85. The molecule has 0 aliphatic rings. The average Bonchev–Trinajstić information content (AvgIpc) is 2.38. The van der Waals surface area contributed by atoms with Gasteiger partial charge in [0, 0.05) is 17.6 Å². The molecule has 1 aromatic carbocycles. The number of likely N-dealkylation sites (N-methyl/N-ethyl adjacent to an activating group) is 1. The fourth-order valence-electron chi connectivity index (χ4n) is 1.49. The molecule has 2 amide bonds. The Balaban J connectivity index is 2.61. The number of aromatic carboxylic acids is 1. The van der Waals surface area contributed by atoms with Crippen LogP contribution in [0, 0.1) is 0 Å². The van der Waals surface area contributed by atoms with E-state index in [0.717, 1.165) is 13.1 Å². The van der Waals surface area contributed by atoms with Crippen LogP contribution in [-0.4, -0.2) is 48.7 Å². The van der Waals surface area contributed by atoms with Crippen LogP contribution in [0.4, 0.5) is 10.5 Å². The normalized spacial score (nSPS) is 10.4. The number of rotatable bonds is 6. The summed E-state index contributed by atoms with van der Waals surface area (Å²) in [6, 6.07) is 4.19. The van der Waals surface area contributed by atoms with E-state index < -0.39 is 12.0 Å². The van der Waals surface area contributed by atoms with Crippen molar-refractivity contribution >= 4 is 33.6 Å². The molecule has 20 heavy (non-hydrogen) atoms. The molecule has 0 bridgehead atoms. The summed E-state index contributed by atoms with van der Waals surface area (Å²) in [7, 11) is 1.95. The standard InChI is InChI=1S/C13H18BrN3O3/c1-3-17(2)7-6-15-13(20)16-11-8-9(14)4-5-10(11)12(18)19/h4-5,8H,3,6-7H2,1-2H3,(H,18,19)(H2,15,16,20). The van der Waals surface area contributed by atoms with Gasteiger partial charge in [-0.1, -0.05) is 22.9 Å². The topological polar surface area (TPSA) is 81.7 Å². The van der Waals surface area contributed by atoms with Crippen molar-refractivity contribution in [2.75, 3.05) is 32.0 Å². The van der Waals surface area contributed by atoms with E-state index in [1.165, 1.54) is 6.07 Å². The predicted molar refractivity (Wildman–Crippen MR) is 81.3 cm³/mol. The van der Waals surface area contributed by atoms with Crippen LogP contribution in [0.15, 0.2) is 22.7 Å². The zero-order valence-electron chi connectivity index (χ0n) is 11.4. The maximum Gasteiger partial charge on any atom is 0.337 e. The molecule has 0 aromatic heterocycles. The Labute approximate surface area is 126 Å². The quantitative estimate of drug-likeness (QED) is 0.739. The molecule has 0 saturated heterocycles. The summed E-state index contributed by atoms with van der Waals surface area (Å²) in [6.07, 6.45) is 0. The predicted octanol–water partition coefficient (Wildman–Crippen LogP) is 2.22. The number of carboxylic acids is 1. The lowest BCUT2D eigenvalue weighted by molar-refractivity contribution is 0.0698. The van der Waals surface area contributed by atoms with Gasteiger partial charge in [-0.3, -0.25) is 0 Å². The number of urea groups is 1. The molecule has 0 unspecified atom stereocenters. The van der Waals surface area contributed by atoms with Crippen LogP contribution in [0.25, 0.3) is 0 Å². The first-order valence-corrected chi connectivity index (χ1v) is 6.99. The molecule has 3 N–H and O–H groups in total. The van der Waals surface area contributed by atoms with Crippen LogP contribution in [0.3, 0.4) is 0 Å². The third-order valence-electron chi connectivity index (χ3n) is 2.78. The van der Waals surface area contributed by atoms with Gasteiger partial charge in [0.1, 0.15) is 0 Å². The first-order chi connectivity index (χ1) is 9.43. The molecule has 0 saturated carbocycles. The second-order valence-electron chi connectivity index (χ2n) is 4.27. The van der Waals surface area contributed by atoms with Crippen LogP contribution in [0.2, 0.25) is 0 Å². The fraction of sp³-hybridized carbons (Fsp3) is 0.385. The average molecular weight is 344 g/mol. The van der Waals surface area contributed by atoms with Crippen molar-refractivity contribution in [2.45, 2.75) is 6.92 Å². The van der Waals surface area contributed by atoms with Gasteiger partial charge in [-0.15, -0.1) is 0 Å². The SMILES string of the molecule is CCN(C)CCNC(=O)Nc1cc(Br)ccc1C(=O)O. The van der Waals surface area contributed by atoms with Gasteiger partial charge in [-0.25, -0.2) is 9.59 Å². The van der Waals surface area contributed by atoms with E-state index in [1.807, 2.05) is 14.0 Å². The summed E-state index contributed by atoms with van der Waals surface area (Å²) < 4.78 is 0.698. The number of carboxylic acid groups (broad SMARTS) is 1. The first-order valence-electron chi connectivity index (χ1n) is 6.20. The van der Waals surface area contributed by atoms with Gasteiger partial charge in [0.2, 0.25) is 0 Å². The largest absolute Gasteiger partial charge is 0.478 e. The summed E-state index contributed by atoms with van der Waals surface area (Å²) in [5, 5.41) is 14.3. The van der Waals surface area contributed by atoms with Gasteiger partial charge in [0.25, 0.3) is 0 Å². The van der Waals surface area contributed by atoms with Gasteiger partial charge in [-0.05, 0) is 31.8 Å². The molecule has 0 atom stereocenters. The second kappa shape index (κ2) is 7.86. The number of amides is 2. The lowest BCUT2D eigenvalue weighted by atomic mass is 10.2. The number of carbonyl (C=O) groups is 2. The van der Waals surface area contributed by atoms with Crippen LogP contribution in [0.5, 0.6) is 0 Å². The Morgan fingerprint density at radius 1 is 1.40 bits per heavy atom. The van der Waals surface area contributed by atoms with Gasteiger partial charge in [-0.2, -0.15) is 0 Å². The van der Waals surface area contributed by atoms with E-state index in [0.29, 0.717) is 11.0 Å². The molecule has 0 fully saturated rings. The number of hydrogen-bond donors (Lipinski definition) is 3. The Kier molecular flexibility index (Phi) is 6.47. The number of nitrogens with one attached hydrogen (secondary N) is 2. The number of anilines is 1. The van der Waals surface area contributed by atoms with Crippen molar-refractivity contribution in [3.63, 3.8) is 0 Å². The summed E-state index contributed by atoms with van der Waals surface area (Å²) in [4.78, 5) is 24.8. The highest BCUT2D eigenvalue weighted by atomic mass is 79.9. The Morgan fingerprint density at radius 3 is 2.70 bits per heavy atom. The van der Waals surface area contributed by atoms with Gasteiger partial charge < -0.3 is 20.6 Å². The molecular weight excluding hydrogens is 326 g/mol. The highest BCUT2D eigenvalue weighted by Crippen LogP contribution is 2.21. The van der Waals surface area contributed by atoms with Crippen LogP contribution < -0.4 is 10.6 Å². The maximum atomic E-state index is 11.7. The lowest BCUT2D eigenvalue weighted by Crippen LogP contribution is -2.35. The highest BCUT2D eigenvalue weighted by Gasteiger charge is 2.12. The molecule has 0 aliphatic heterocycles. The Morgan fingerprint density at radius 2 is 2.10 bits per heavy atom. The number of halogens is 1. The maximum absolute atomic E-state index is 11.7. The molecule has 0 aliphatic carbocycles. The van der Waals surface area contributed by atoms with E-state index >= 15 is 0 Å². The first kappa shape index (κ1) is 16.5. The minimum absolute atomic E-state index is 0.0500. The summed E-state index contributed by atoms with van der Waals surface area (Å²) in [5.41, 5.74) is 0.308.